The van der Waals surface area contributed by atoms with Crippen molar-refractivity contribution >= 4 is 21.7 Å². The zero-order valence-corrected chi connectivity index (χ0v) is 34.5. The second kappa shape index (κ2) is 14.3. The molecule has 1 spiro atoms. The average molecular weight is 817 g/mol. The van der Waals surface area contributed by atoms with Crippen LogP contribution in [0.5, 0.6) is 11.5 Å². The first-order valence-electron chi connectivity index (χ1n) is 21.6. The molecule has 5 nitrogen and oxygen atoms in total. The van der Waals surface area contributed by atoms with Gasteiger partial charge in [-0.2, -0.15) is 0 Å². The zero-order valence-electron chi connectivity index (χ0n) is 34.5. The van der Waals surface area contributed by atoms with Crippen molar-refractivity contribution in [1.82, 2.24) is 19.9 Å². The van der Waals surface area contributed by atoms with Crippen LogP contribution in [0.3, 0.4) is 0 Å². The van der Waals surface area contributed by atoms with E-state index in [4.69, 9.17) is 14.7 Å². The van der Waals surface area contributed by atoms with Gasteiger partial charge in [-0.15, -0.1) is 0 Å². The Labute approximate surface area is 370 Å². The smallest absolute Gasteiger partial charge is 0.132 e. The van der Waals surface area contributed by atoms with Gasteiger partial charge in [0.15, 0.2) is 0 Å². The van der Waals surface area contributed by atoms with Crippen molar-refractivity contribution < 1.29 is 4.74 Å². The van der Waals surface area contributed by atoms with Gasteiger partial charge in [-0.05, 0) is 117 Å². The molecule has 0 unspecified atom stereocenters. The number of benzene rings is 7. The summed E-state index contributed by atoms with van der Waals surface area (Å²) in [5, 5.41) is 3.26. The van der Waals surface area contributed by atoms with Crippen LogP contribution in [0.2, 0.25) is 0 Å². The van der Waals surface area contributed by atoms with Gasteiger partial charge in [0.2, 0.25) is 0 Å². The molecule has 7 aromatic carbocycles. The van der Waals surface area contributed by atoms with Gasteiger partial charge in [0.05, 0.1) is 39.4 Å². The molecule has 5 heterocycles. The fourth-order valence-electron chi connectivity index (χ4n) is 10.2. The van der Waals surface area contributed by atoms with Gasteiger partial charge < -0.3 is 4.74 Å². The maximum absolute atomic E-state index is 6.97. The van der Waals surface area contributed by atoms with Gasteiger partial charge in [-0.1, -0.05) is 140 Å². The van der Waals surface area contributed by atoms with Crippen molar-refractivity contribution in [2.24, 2.45) is 0 Å². The van der Waals surface area contributed by atoms with Crippen molar-refractivity contribution in [3.05, 3.63) is 241 Å². The fraction of sp³-hybridized carbons (Fsp3) is 0.0169. The van der Waals surface area contributed by atoms with Crippen molar-refractivity contribution in [1.29, 1.82) is 0 Å². The zero-order chi connectivity index (χ0) is 42.2. The Morgan fingerprint density at radius 1 is 0.328 bits per heavy atom. The van der Waals surface area contributed by atoms with Crippen LogP contribution in [0, 0.1) is 0 Å². The number of fused-ring (bicyclic) bond motifs is 12. The first kappa shape index (κ1) is 36.1. The number of pyridine rings is 4. The molecule has 0 saturated heterocycles. The van der Waals surface area contributed by atoms with Gasteiger partial charge in [0.25, 0.3) is 0 Å². The Bertz CT molecular complexity index is 3520. The fourth-order valence-corrected chi connectivity index (χ4v) is 10.2. The lowest BCUT2D eigenvalue weighted by Gasteiger charge is -2.39. The molecule has 0 radical (unpaired) electrons. The van der Waals surface area contributed by atoms with Gasteiger partial charge in [-0.3, -0.25) is 9.97 Å². The number of para-hydroxylation sites is 1. The molecule has 4 aromatic heterocycles. The van der Waals surface area contributed by atoms with E-state index >= 15 is 0 Å². The Morgan fingerprint density at radius 2 is 0.906 bits per heavy atom. The molecule has 1 aliphatic heterocycles. The molecule has 0 bridgehead atoms. The summed E-state index contributed by atoms with van der Waals surface area (Å²) in [5.74, 6) is 1.71. The Morgan fingerprint density at radius 3 is 1.56 bits per heavy atom. The molecular weight excluding hydrogens is 781 g/mol. The van der Waals surface area contributed by atoms with E-state index < -0.39 is 5.41 Å². The molecule has 1 aliphatic carbocycles. The third-order valence-electron chi connectivity index (χ3n) is 13.0. The van der Waals surface area contributed by atoms with E-state index in [-0.39, 0.29) is 0 Å². The summed E-state index contributed by atoms with van der Waals surface area (Å²) in [6.07, 6.45) is 3.60. The molecule has 0 atom stereocenters. The van der Waals surface area contributed by atoms with E-state index in [0.29, 0.717) is 0 Å². The molecule has 298 valence electrons. The molecule has 2 aliphatic rings. The minimum absolute atomic E-state index is 0.582. The first-order chi connectivity index (χ1) is 31.7. The second-order valence-corrected chi connectivity index (χ2v) is 16.5. The highest BCUT2D eigenvalue weighted by Crippen LogP contribution is 2.62. The lowest BCUT2D eigenvalue weighted by Crippen LogP contribution is -2.32. The first-order valence-corrected chi connectivity index (χ1v) is 21.6. The molecule has 0 fully saturated rings. The Hall–Kier alpha value is -8.54. The molecule has 64 heavy (non-hydrogen) atoms. The second-order valence-electron chi connectivity index (χ2n) is 16.5. The number of nitrogens with zero attached hydrogens (tertiary/aromatic N) is 4. The lowest BCUT2D eigenvalue weighted by atomic mass is 9.65. The predicted octanol–water partition coefficient (Wildman–Crippen LogP) is 14.4. The van der Waals surface area contributed by atoms with Crippen LogP contribution in [0.1, 0.15) is 22.3 Å². The van der Waals surface area contributed by atoms with E-state index in [1.165, 1.54) is 22.3 Å². The van der Waals surface area contributed by atoms with Crippen molar-refractivity contribution in [3.63, 3.8) is 0 Å². The van der Waals surface area contributed by atoms with E-state index in [0.717, 1.165) is 101 Å². The Balaban J connectivity index is 1.00. The molecule has 13 rings (SSSR count). The maximum atomic E-state index is 6.97. The van der Waals surface area contributed by atoms with Gasteiger partial charge in [0.1, 0.15) is 11.5 Å². The summed E-state index contributed by atoms with van der Waals surface area (Å²) >= 11 is 0. The number of hydrogen-bond acceptors (Lipinski definition) is 5. The van der Waals surface area contributed by atoms with Crippen molar-refractivity contribution in [2.45, 2.75) is 5.41 Å². The minimum Gasteiger partial charge on any atom is -0.457 e. The quantitative estimate of drug-likeness (QED) is 0.162. The molecule has 0 saturated carbocycles. The normalized spacial score (nSPS) is 12.9. The van der Waals surface area contributed by atoms with Crippen LogP contribution in [-0.4, -0.2) is 19.9 Å². The highest BCUT2D eigenvalue weighted by atomic mass is 16.5. The highest BCUT2D eigenvalue weighted by molar-refractivity contribution is 6.13. The SMILES string of the molecule is c1ccc(-c2nc3ccc(-c4ccc(-c5cc(-c6ccccn6)nc(-c6ccccn6)c5)cc4)cc3c3cc4c(cc23)Oc2ccccc2C42c3ccccc3-c3ccccc32)cc1. The number of aromatic nitrogens is 4. The average Bonchev–Trinajstić information content (AvgIpc) is 3.66. The third kappa shape index (κ3) is 5.51. The van der Waals surface area contributed by atoms with E-state index in [1.807, 2.05) is 36.4 Å². The van der Waals surface area contributed by atoms with Crippen LogP contribution in [0.25, 0.3) is 89.1 Å². The van der Waals surface area contributed by atoms with E-state index in [1.54, 1.807) is 12.4 Å². The molecule has 11 aromatic rings. The van der Waals surface area contributed by atoms with Gasteiger partial charge in [0, 0.05) is 39.9 Å². The maximum Gasteiger partial charge on any atom is 0.132 e. The van der Waals surface area contributed by atoms with Crippen molar-refractivity contribution in [2.75, 3.05) is 0 Å². The highest BCUT2D eigenvalue weighted by Gasteiger charge is 2.51. The van der Waals surface area contributed by atoms with Crippen LogP contribution >= 0.6 is 0 Å². The molecule has 5 heteroatoms. The number of rotatable bonds is 5. The van der Waals surface area contributed by atoms with E-state index in [2.05, 4.69) is 180 Å². The number of ether oxygens (including phenoxy) is 1. The predicted molar refractivity (Wildman–Crippen MR) is 257 cm³/mol. The monoisotopic (exact) mass is 816 g/mol. The summed E-state index contributed by atoms with van der Waals surface area (Å²) in [4.78, 5) is 19.6. The summed E-state index contributed by atoms with van der Waals surface area (Å²) in [6, 6.07) is 73.0. The van der Waals surface area contributed by atoms with Crippen LogP contribution in [-0.2, 0) is 5.41 Å². The van der Waals surface area contributed by atoms with Gasteiger partial charge >= 0.3 is 0 Å². The van der Waals surface area contributed by atoms with E-state index in [9.17, 15) is 0 Å². The summed E-state index contributed by atoms with van der Waals surface area (Å²) in [5.41, 5.74) is 17.2. The third-order valence-corrected chi connectivity index (χ3v) is 13.0. The Kier molecular flexibility index (Phi) is 8.06. The van der Waals surface area contributed by atoms with Crippen LogP contribution < -0.4 is 4.74 Å². The summed E-state index contributed by atoms with van der Waals surface area (Å²) in [7, 11) is 0. The molecule has 0 amide bonds. The standard InChI is InChI=1S/C59H36N4O/c1-2-14-39(15-3-1)58-46-36-57-50(59(49-20-8-9-23-56(49)64-57)47-18-6-4-16-42(47)43-17-5-7-19-48(43)59)35-44(46)45-32-40(28-29-51(45)63-58)37-24-26-38(27-25-37)41-33-54(52-21-10-12-30-60-52)62-55(34-41)53-22-11-13-31-61-53/h1-36H. The van der Waals surface area contributed by atoms with Crippen LogP contribution in [0.4, 0.5) is 0 Å². The molecule has 0 N–H and O–H groups in total. The lowest BCUT2D eigenvalue weighted by molar-refractivity contribution is 0.437. The minimum atomic E-state index is -0.582. The van der Waals surface area contributed by atoms with Gasteiger partial charge in [-0.25, -0.2) is 9.97 Å². The number of hydrogen-bond donors (Lipinski definition) is 0. The topological polar surface area (TPSA) is 60.8 Å². The largest absolute Gasteiger partial charge is 0.457 e. The molecular formula is C59H36N4O. The van der Waals surface area contributed by atoms with Crippen LogP contribution in [0.15, 0.2) is 219 Å². The summed E-state index contributed by atoms with van der Waals surface area (Å²) in [6.45, 7) is 0. The summed E-state index contributed by atoms with van der Waals surface area (Å²) < 4.78 is 6.97. The van der Waals surface area contributed by atoms with Crippen molar-refractivity contribution in [3.8, 4) is 78.9 Å².